The molecule has 2 heterocycles. The van der Waals surface area contributed by atoms with Gasteiger partial charge in [-0.1, -0.05) is 13.8 Å². The summed E-state index contributed by atoms with van der Waals surface area (Å²) in [5.74, 6) is -0.522. The van der Waals surface area contributed by atoms with Crippen molar-refractivity contribution in [3.8, 4) is 0 Å². The molecule has 3 aromatic rings. The predicted octanol–water partition coefficient (Wildman–Crippen LogP) is 4.35. The number of nitrogens with zero attached hydrogens (tertiary/aromatic N) is 3. The molecule has 3 rings (SSSR count). The van der Waals surface area contributed by atoms with E-state index in [1.165, 1.54) is 12.3 Å². The summed E-state index contributed by atoms with van der Waals surface area (Å²) in [5.41, 5.74) is -0.500. The lowest BCUT2D eigenvalue weighted by Gasteiger charge is -2.09. The van der Waals surface area contributed by atoms with Crippen LogP contribution in [0.25, 0.3) is 10.2 Å². The number of halogens is 3. The molecule has 1 amide bonds. The molecule has 2 aromatic heterocycles. The number of nitrogens with one attached hydrogen (secondary N) is 1. The van der Waals surface area contributed by atoms with E-state index in [1.807, 2.05) is 13.8 Å². The molecular weight excluding hydrogens is 421 g/mol. The van der Waals surface area contributed by atoms with Gasteiger partial charge >= 0.3 is 12.1 Å². The van der Waals surface area contributed by atoms with Crippen LogP contribution in [0.4, 0.5) is 19.1 Å². The molecule has 1 aromatic carbocycles. The van der Waals surface area contributed by atoms with Gasteiger partial charge in [-0.3, -0.25) is 14.9 Å². The number of alkyl halides is 3. The molecule has 160 valence electrons. The second-order valence-electron chi connectivity index (χ2n) is 6.92. The first-order valence-electron chi connectivity index (χ1n) is 9.09. The van der Waals surface area contributed by atoms with Crippen molar-refractivity contribution in [3.63, 3.8) is 0 Å². The van der Waals surface area contributed by atoms with E-state index in [0.717, 1.165) is 23.5 Å². The first-order chi connectivity index (χ1) is 14.1. The number of hydrogen-bond donors (Lipinski definition) is 1. The first kappa shape index (κ1) is 21.8. The predicted molar refractivity (Wildman–Crippen MR) is 105 cm³/mol. The van der Waals surface area contributed by atoms with Crippen LogP contribution < -0.4 is 5.32 Å². The Labute approximate surface area is 173 Å². The third-order valence-electron chi connectivity index (χ3n) is 3.99. The summed E-state index contributed by atoms with van der Waals surface area (Å²) in [6.07, 6.45) is -1.31. The molecule has 0 radical (unpaired) electrons. The summed E-state index contributed by atoms with van der Waals surface area (Å²) in [7, 11) is 0. The van der Waals surface area contributed by atoms with Crippen LogP contribution in [0.1, 0.15) is 35.6 Å². The van der Waals surface area contributed by atoms with Gasteiger partial charge in [0.05, 0.1) is 28.8 Å². The minimum atomic E-state index is -4.47. The SMILES string of the molecule is CC(C)COC(=O)CCn1ccnc1NC(=O)c1nc2ccc(C(F)(F)F)cc2s1. The molecule has 0 atom stereocenters. The molecule has 7 nitrogen and oxygen atoms in total. The number of imidazole rings is 1. The third-order valence-corrected chi connectivity index (χ3v) is 5.00. The van der Waals surface area contributed by atoms with Gasteiger partial charge in [-0.05, 0) is 24.1 Å². The summed E-state index contributed by atoms with van der Waals surface area (Å²) in [4.78, 5) is 32.4. The van der Waals surface area contributed by atoms with Gasteiger partial charge in [-0.25, -0.2) is 9.97 Å². The number of benzene rings is 1. The quantitative estimate of drug-likeness (QED) is 0.552. The molecule has 0 unspecified atom stereocenters. The maximum atomic E-state index is 12.9. The standard InChI is InChI=1S/C19H19F3N4O3S/c1-11(2)10-29-15(27)5-7-26-8-6-23-18(26)25-16(28)17-24-13-4-3-12(19(20,21)22)9-14(13)30-17/h3-4,6,8-9,11H,5,7,10H2,1-2H3,(H,23,25,28). The third kappa shape index (κ3) is 5.35. The lowest BCUT2D eigenvalue weighted by atomic mass is 10.2. The number of fused-ring (bicyclic) bond motifs is 1. The Hall–Kier alpha value is -2.95. The lowest BCUT2D eigenvalue weighted by molar-refractivity contribution is -0.145. The van der Waals surface area contributed by atoms with Crippen LogP contribution in [0, 0.1) is 5.92 Å². The topological polar surface area (TPSA) is 86.1 Å². The van der Waals surface area contributed by atoms with Crippen molar-refractivity contribution < 1.29 is 27.5 Å². The number of amides is 1. The zero-order valence-corrected chi connectivity index (χ0v) is 17.0. The van der Waals surface area contributed by atoms with E-state index in [9.17, 15) is 22.8 Å². The average molecular weight is 440 g/mol. The van der Waals surface area contributed by atoms with E-state index in [4.69, 9.17) is 4.74 Å². The summed E-state index contributed by atoms with van der Waals surface area (Å²) in [6, 6.07) is 3.12. The van der Waals surface area contributed by atoms with E-state index in [1.54, 1.807) is 10.8 Å². The molecule has 0 aliphatic rings. The molecule has 0 aliphatic carbocycles. The smallest absolute Gasteiger partial charge is 0.416 e. The van der Waals surface area contributed by atoms with Crippen molar-refractivity contribution in [1.82, 2.24) is 14.5 Å². The van der Waals surface area contributed by atoms with Crippen LogP contribution in [0.2, 0.25) is 0 Å². The van der Waals surface area contributed by atoms with E-state index < -0.39 is 17.6 Å². The molecular formula is C19H19F3N4O3S. The normalized spacial score (nSPS) is 11.8. The molecule has 0 aliphatic heterocycles. The molecule has 0 bridgehead atoms. The molecule has 0 spiro atoms. The van der Waals surface area contributed by atoms with Crippen molar-refractivity contribution in [2.75, 3.05) is 11.9 Å². The number of ether oxygens (including phenoxy) is 1. The fourth-order valence-corrected chi connectivity index (χ4v) is 3.41. The minimum absolute atomic E-state index is 0.00946. The average Bonchev–Trinajstić information content (AvgIpc) is 3.29. The van der Waals surface area contributed by atoms with Crippen LogP contribution in [0.3, 0.4) is 0 Å². The lowest BCUT2D eigenvalue weighted by Crippen LogP contribution is -2.17. The van der Waals surface area contributed by atoms with E-state index >= 15 is 0 Å². The molecule has 0 saturated heterocycles. The summed E-state index contributed by atoms with van der Waals surface area (Å²) in [6.45, 7) is 4.45. The molecule has 0 fully saturated rings. The molecule has 30 heavy (non-hydrogen) atoms. The summed E-state index contributed by atoms with van der Waals surface area (Å²) >= 11 is 0.857. The van der Waals surface area contributed by atoms with Crippen molar-refractivity contribution in [2.24, 2.45) is 5.92 Å². The Kier molecular flexibility index (Phi) is 6.40. The second kappa shape index (κ2) is 8.82. The van der Waals surface area contributed by atoms with Gasteiger partial charge in [0.2, 0.25) is 5.95 Å². The highest BCUT2D eigenvalue weighted by Crippen LogP contribution is 2.33. The van der Waals surface area contributed by atoms with Crippen LogP contribution in [0.5, 0.6) is 0 Å². The number of thiazole rings is 1. The van der Waals surface area contributed by atoms with Crippen molar-refractivity contribution in [1.29, 1.82) is 0 Å². The Balaban J connectivity index is 1.67. The summed E-state index contributed by atoms with van der Waals surface area (Å²) < 4.78 is 45.5. The maximum Gasteiger partial charge on any atom is 0.416 e. The Morgan fingerprint density at radius 2 is 2.07 bits per heavy atom. The molecule has 0 saturated carbocycles. The van der Waals surface area contributed by atoms with Gasteiger partial charge in [0, 0.05) is 18.9 Å². The fraction of sp³-hybridized carbons (Fsp3) is 0.368. The van der Waals surface area contributed by atoms with E-state index in [2.05, 4.69) is 15.3 Å². The monoisotopic (exact) mass is 440 g/mol. The number of aryl methyl sites for hydroxylation is 1. The van der Waals surface area contributed by atoms with Gasteiger partial charge in [0.15, 0.2) is 5.01 Å². The van der Waals surface area contributed by atoms with Crippen LogP contribution in [-0.2, 0) is 22.3 Å². The van der Waals surface area contributed by atoms with Crippen LogP contribution >= 0.6 is 11.3 Å². The van der Waals surface area contributed by atoms with Crippen LogP contribution in [-0.4, -0.2) is 33.0 Å². The van der Waals surface area contributed by atoms with E-state index in [0.29, 0.717) is 12.1 Å². The van der Waals surface area contributed by atoms with Gasteiger partial charge < -0.3 is 9.30 Å². The fourth-order valence-electron chi connectivity index (χ4n) is 2.51. The van der Waals surface area contributed by atoms with Gasteiger partial charge in [-0.15, -0.1) is 11.3 Å². The largest absolute Gasteiger partial charge is 0.465 e. The van der Waals surface area contributed by atoms with Crippen molar-refractivity contribution >= 4 is 39.4 Å². The second-order valence-corrected chi connectivity index (χ2v) is 7.96. The summed E-state index contributed by atoms with van der Waals surface area (Å²) in [5, 5.41) is 2.58. The number of hydrogen-bond acceptors (Lipinski definition) is 6. The highest BCUT2D eigenvalue weighted by atomic mass is 32.1. The number of anilines is 1. The molecule has 1 N–H and O–H groups in total. The first-order valence-corrected chi connectivity index (χ1v) is 9.91. The van der Waals surface area contributed by atoms with Gasteiger partial charge in [0.25, 0.3) is 5.91 Å². The number of carbonyl (C=O) groups excluding carboxylic acids is 2. The number of aromatic nitrogens is 3. The van der Waals surface area contributed by atoms with Crippen molar-refractivity contribution in [2.45, 2.75) is 33.0 Å². The Morgan fingerprint density at radius 1 is 1.30 bits per heavy atom. The van der Waals surface area contributed by atoms with Crippen LogP contribution in [0.15, 0.2) is 30.6 Å². The number of carbonyl (C=O) groups is 2. The minimum Gasteiger partial charge on any atom is -0.465 e. The highest BCUT2D eigenvalue weighted by Gasteiger charge is 2.31. The van der Waals surface area contributed by atoms with Gasteiger partial charge in [0.1, 0.15) is 0 Å². The maximum absolute atomic E-state index is 12.9. The Bertz CT molecular complexity index is 1060. The van der Waals surface area contributed by atoms with Crippen molar-refractivity contribution in [3.05, 3.63) is 41.2 Å². The number of rotatable bonds is 7. The number of esters is 1. The zero-order chi connectivity index (χ0) is 21.9. The zero-order valence-electron chi connectivity index (χ0n) is 16.2. The molecule has 11 heteroatoms. The highest BCUT2D eigenvalue weighted by molar-refractivity contribution is 7.20. The van der Waals surface area contributed by atoms with Gasteiger partial charge in [-0.2, -0.15) is 13.2 Å². The Morgan fingerprint density at radius 3 is 2.77 bits per heavy atom. The van der Waals surface area contributed by atoms with E-state index in [-0.39, 0.29) is 40.5 Å².